The van der Waals surface area contributed by atoms with E-state index in [0.717, 1.165) is 6.54 Å². The van der Waals surface area contributed by atoms with Crippen LogP contribution in [0.3, 0.4) is 0 Å². The lowest BCUT2D eigenvalue weighted by Crippen LogP contribution is -2.49. The average molecular weight is 187 g/mol. The van der Waals surface area contributed by atoms with E-state index in [-0.39, 0.29) is 18.1 Å². The van der Waals surface area contributed by atoms with Crippen molar-refractivity contribution in [3.63, 3.8) is 0 Å². The Morgan fingerprint density at radius 2 is 2.62 bits per heavy atom. The summed E-state index contributed by atoms with van der Waals surface area (Å²) in [5.74, 6) is -0.0792. The van der Waals surface area contributed by atoms with Gasteiger partial charge in [0.25, 0.3) is 5.91 Å². The molecule has 0 aromatic carbocycles. The van der Waals surface area contributed by atoms with E-state index in [9.17, 15) is 4.79 Å². The number of hydrogen-bond acceptors (Lipinski definition) is 4. The molecule has 0 aromatic heterocycles. The molecule has 5 heteroatoms. The molecular weight excluding hydrogens is 170 g/mol. The molecule has 5 nitrogen and oxygen atoms in total. The maximum Gasteiger partial charge on any atom is 0.250 e. The van der Waals surface area contributed by atoms with Crippen LogP contribution in [0.4, 0.5) is 0 Å². The van der Waals surface area contributed by atoms with Crippen molar-refractivity contribution in [1.82, 2.24) is 10.6 Å². The molecular formula is C8H17N3O2. The minimum absolute atomic E-state index is 0.0134. The Bertz CT molecular complexity index is 167. The maximum atomic E-state index is 11.4. The van der Waals surface area contributed by atoms with Crippen molar-refractivity contribution < 1.29 is 9.53 Å². The van der Waals surface area contributed by atoms with E-state index in [1.54, 1.807) is 0 Å². The van der Waals surface area contributed by atoms with Gasteiger partial charge in [-0.15, -0.1) is 0 Å². The second-order valence-corrected chi connectivity index (χ2v) is 3.29. The van der Waals surface area contributed by atoms with Crippen molar-refractivity contribution in [1.29, 1.82) is 0 Å². The molecule has 0 aliphatic carbocycles. The molecule has 1 fully saturated rings. The fraction of sp³-hybridized carbons (Fsp3) is 0.875. The van der Waals surface area contributed by atoms with Crippen LogP contribution in [-0.2, 0) is 9.53 Å². The fourth-order valence-electron chi connectivity index (χ4n) is 1.11. The van der Waals surface area contributed by atoms with E-state index < -0.39 is 0 Å². The standard InChI is InChI=1S/C8H17N3O2/c1-6(9)4-11-8(12)7-5-10-2-3-13-7/h6-7,10H,2-5,9H2,1H3,(H,11,12)/t6?,7-/m1/s1. The summed E-state index contributed by atoms with van der Waals surface area (Å²) in [4.78, 5) is 11.4. The Labute approximate surface area is 78.0 Å². The number of nitrogens with one attached hydrogen (secondary N) is 2. The summed E-state index contributed by atoms with van der Waals surface area (Å²) >= 11 is 0. The summed E-state index contributed by atoms with van der Waals surface area (Å²) in [5.41, 5.74) is 5.50. The second-order valence-electron chi connectivity index (χ2n) is 3.29. The van der Waals surface area contributed by atoms with Crippen LogP contribution in [0.15, 0.2) is 0 Å². The zero-order valence-corrected chi connectivity index (χ0v) is 7.88. The van der Waals surface area contributed by atoms with Gasteiger partial charge in [0.05, 0.1) is 6.61 Å². The van der Waals surface area contributed by atoms with Crippen LogP contribution in [0.25, 0.3) is 0 Å². The van der Waals surface area contributed by atoms with Crippen LogP contribution < -0.4 is 16.4 Å². The third-order valence-corrected chi connectivity index (χ3v) is 1.82. The maximum absolute atomic E-state index is 11.4. The van der Waals surface area contributed by atoms with Crippen molar-refractivity contribution in [3.8, 4) is 0 Å². The Kier molecular flexibility index (Phi) is 4.14. The molecule has 1 rings (SSSR count). The highest BCUT2D eigenvalue weighted by molar-refractivity contribution is 5.81. The van der Waals surface area contributed by atoms with E-state index in [4.69, 9.17) is 10.5 Å². The van der Waals surface area contributed by atoms with Crippen molar-refractivity contribution in [2.45, 2.75) is 19.1 Å². The first-order valence-electron chi connectivity index (χ1n) is 4.56. The smallest absolute Gasteiger partial charge is 0.250 e. The lowest BCUT2D eigenvalue weighted by Gasteiger charge is -2.23. The molecule has 1 aliphatic heterocycles. The molecule has 1 amide bonds. The highest BCUT2D eigenvalue weighted by Crippen LogP contribution is 1.95. The zero-order valence-electron chi connectivity index (χ0n) is 7.88. The monoisotopic (exact) mass is 187 g/mol. The van der Waals surface area contributed by atoms with Crippen LogP contribution in [0.2, 0.25) is 0 Å². The van der Waals surface area contributed by atoms with E-state index in [1.165, 1.54) is 0 Å². The number of nitrogens with two attached hydrogens (primary N) is 1. The van der Waals surface area contributed by atoms with Gasteiger partial charge in [0.2, 0.25) is 0 Å². The zero-order chi connectivity index (χ0) is 9.68. The SMILES string of the molecule is CC(N)CNC(=O)[C@H]1CNCCO1. The molecule has 1 saturated heterocycles. The van der Waals surface area contributed by atoms with Gasteiger partial charge in [-0.1, -0.05) is 0 Å². The van der Waals surface area contributed by atoms with Crippen LogP contribution in [0.5, 0.6) is 0 Å². The van der Waals surface area contributed by atoms with Gasteiger partial charge >= 0.3 is 0 Å². The minimum atomic E-state index is -0.354. The molecule has 0 saturated carbocycles. The molecule has 1 heterocycles. The summed E-state index contributed by atoms with van der Waals surface area (Å²) in [6.07, 6.45) is -0.354. The summed E-state index contributed by atoms with van der Waals surface area (Å²) in [5, 5.41) is 5.81. The Morgan fingerprint density at radius 1 is 1.85 bits per heavy atom. The number of carbonyl (C=O) groups excluding carboxylic acids is 1. The molecule has 2 atom stereocenters. The van der Waals surface area contributed by atoms with Gasteiger partial charge in [-0.05, 0) is 6.92 Å². The van der Waals surface area contributed by atoms with Gasteiger partial charge in [0.15, 0.2) is 0 Å². The summed E-state index contributed by atoms with van der Waals surface area (Å²) in [7, 11) is 0. The third kappa shape index (κ3) is 3.71. The van der Waals surface area contributed by atoms with Crippen molar-refractivity contribution in [2.75, 3.05) is 26.2 Å². The van der Waals surface area contributed by atoms with Gasteiger partial charge in [0.1, 0.15) is 6.10 Å². The number of ether oxygens (including phenoxy) is 1. The van der Waals surface area contributed by atoms with Crippen LogP contribution in [0.1, 0.15) is 6.92 Å². The summed E-state index contributed by atoms with van der Waals surface area (Å²) in [6, 6.07) is -0.0134. The van der Waals surface area contributed by atoms with E-state index >= 15 is 0 Å². The Morgan fingerprint density at radius 3 is 3.15 bits per heavy atom. The fourth-order valence-corrected chi connectivity index (χ4v) is 1.11. The number of rotatable bonds is 3. The van der Waals surface area contributed by atoms with Crippen LogP contribution >= 0.6 is 0 Å². The number of morpholine rings is 1. The molecule has 0 bridgehead atoms. The normalized spacial score (nSPS) is 25.2. The van der Waals surface area contributed by atoms with E-state index in [1.807, 2.05) is 6.92 Å². The van der Waals surface area contributed by atoms with Crippen LogP contribution in [0, 0.1) is 0 Å². The molecule has 0 spiro atoms. The molecule has 4 N–H and O–H groups in total. The second kappa shape index (κ2) is 5.16. The Balaban J connectivity index is 2.21. The number of hydrogen-bond donors (Lipinski definition) is 3. The summed E-state index contributed by atoms with van der Waals surface area (Å²) in [6.45, 7) is 4.34. The number of amides is 1. The van der Waals surface area contributed by atoms with Gasteiger partial charge in [-0.2, -0.15) is 0 Å². The molecule has 13 heavy (non-hydrogen) atoms. The topological polar surface area (TPSA) is 76.4 Å². The average Bonchev–Trinajstić information content (AvgIpc) is 2.15. The lowest BCUT2D eigenvalue weighted by atomic mass is 10.2. The van der Waals surface area contributed by atoms with Crippen LogP contribution in [-0.4, -0.2) is 44.3 Å². The molecule has 76 valence electrons. The molecule has 1 aliphatic rings. The van der Waals surface area contributed by atoms with Gasteiger partial charge in [-0.3, -0.25) is 4.79 Å². The van der Waals surface area contributed by atoms with E-state index in [0.29, 0.717) is 19.7 Å². The first kappa shape index (κ1) is 10.4. The van der Waals surface area contributed by atoms with Gasteiger partial charge in [0, 0.05) is 25.7 Å². The lowest BCUT2D eigenvalue weighted by molar-refractivity contribution is -0.134. The first-order chi connectivity index (χ1) is 6.20. The predicted octanol–water partition coefficient (Wildman–Crippen LogP) is -1.56. The highest BCUT2D eigenvalue weighted by atomic mass is 16.5. The molecule has 1 unspecified atom stereocenters. The van der Waals surface area contributed by atoms with E-state index in [2.05, 4.69) is 10.6 Å². The van der Waals surface area contributed by atoms with Gasteiger partial charge < -0.3 is 21.1 Å². The summed E-state index contributed by atoms with van der Waals surface area (Å²) < 4.78 is 5.26. The number of carbonyl (C=O) groups is 1. The predicted molar refractivity (Wildman–Crippen MR) is 49.3 cm³/mol. The third-order valence-electron chi connectivity index (χ3n) is 1.82. The Hall–Kier alpha value is -0.650. The quantitative estimate of drug-likeness (QED) is 0.499. The highest BCUT2D eigenvalue weighted by Gasteiger charge is 2.21. The molecule has 0 radical (unpaired) electrons. The van der Waals surface area contributed by atoms with Crippen molar-refractivity contribution in [2.24, 2.45) is 5.73 Å². The van der Waals surface area contributed by atoms with Crippen molar-refractivity contribution in [3.05, 3.63) is 0 Å². The largest absolute Gasteiger partial charge is 0.366 e. The first-order valence-corrected chi connectivity index (χ1v) is 4.56. The molecule has 0 aromatic rings. The van der Waals surface area contributed by atoms with Gasteiger partial charge in [-0.25, -0.2) is 0 Å². The minimum Gasteiger partial charge on any atom is -0.366 e. The van der Waals surface area contributed by atoms with Crippen molar-refractivity contribution >= 4 is 5.91 Å².